The van der Waals surface area contributed by atoms with Gasteiger partial charge >= 0.3 is 0 Å². The standard InChI is InChI=1S/C19H31N3O2/c1-15(2)21-19(23)14-20-13-18(22-11-5-4-6-12-22)16-7-9-17(24-3)10-8-16/h7-10,15,18,20H,4-6,11-14H2,1-3H3,(H,21,23)/t18-/m1/s1. The summed E-state index contributed by atoms with van der Waals surface area (Å²) in [6.07, 6.45) is 3.82. The van der Waals surface area contributed by atoms with Crippen LogP contribution in [0.2, 0.25) is 0 Å². The van der Waals surface area contributed by atoms with Gasteiger partial charge in [0.05, 0.1) is 13.7 Å². The van der Waals surface area contributed by atoms with Crippen molar-refractivity contribution in [3.8, 4) is 5.75 Å². The Bertz CT molecular complexity index is 496. The molecule has 1 aliphatic rings. The van der Waals surface area contributed by atoms with Gasteiger partial charge in [0, 0.05) is 18.6 Å². The molecular weight excluding hydrogens is 302 g/mol. The molecule has 0 saturated carbocycles. The van der Waals surface area contributed by atoms with E-state index in [2.05, 4.69) is 27.7 Å². The molecule has 1 fully saturated rings. The van der Waals surface area contributed by atoms with Gasteiger partial charge in [0.1, 0.15) is 5.75 Å². The van der Waals surface area contributed by atoms with Gasteiger partial charge in [-0.25, -0.2) is 0 Å². The summed E-state index contributed by atoms with van der Waals surface area (Å²) in [4.78, 5) is 14.4. The number of likely N-dealkylation sites (tertiary alicyclic amines) is 1. The fourth-order valence-corrected chi connectivity index (χ4v) is 3.21. The van der Waals surface area contributed by atoms with E-state index in [0.29, 0.717) is 12.6 Å². The number of amides is 1. The Morgan fingerprint density at radius 3 is 2.42 bits per heavy atom. The first kappa shape index (κ1) is 18.7. The van der Waals surface area contributed by atoms with Crippen molar-refractivity contribution in [1.29, 1.82) is 0 Å². The molecule has 0 aromatic heterocycles. The number of benzene rings is 1. The van der Waals surface area contributed by atoms with Gasteiger partial charge in [-0.15, -0.1) is 0 Å². The summed E-state index contributed by atoms with van der Waals surface area (Å²) in [6.45, 7) is 7.33. The molecule has 0 aliphatic carbocycles. The molecule has 5 nitrogen and oxygen atoms in total. The number of hydrogen-bond donors (Lipinski definition) is 2. The van der Waals surface area contributed by atoms with Crippen molar-refractivity contribution in [2.75, 3.05) is 33.3 Å². The van der Waals surface area contributed by atoms with Gasteiger partial charge in [0.15, 0.2) is 0 Å². The van der Waals surface area contributed by atoms with E-state index in [1.807, 2.05) is 26.0 Å². The second kappa shape index (κ2) is 9.64. The number of carbonyl (C=O) groups is 1. The average molecular weight is 333 g/mol. The minimum Gasteiger partial charge on any atom is -0.497 e. The molecule has 5 heteroatoms. The second-order valence-corrected chi connectivity index (χ2v) is 6.74. The largest absolute Gasteiger partial charge is 0.497 e. The second-order valence-electron chi connectivity index (χ2n) is 6.74. The molecule has 1 atom stereocenters. The van der Waals surface area contributed by atoms with Crippen LogP contribution in [0, 0.1) is 0 Å². The van der Waals surface area contributed by atoms with Crippen molar-refractivity contribution in [2.24, 2.45) is 0 Å². The van der Waals surface area contributed by atoms with Gasteiger partial charge in [-0.1, -0.05) is 18.6 Å². The maximum Gasteiger partial charge on any atom is 0.234 e. The third kappa shape index (κ3) is 5.80. The summed E-state index contributed by atoms with van der Waals surface area (Å²) < 4.78 is 5.26. The van der Waals surface area contributed by atoms with Crippen molar-refractivity contribution < 1.29 is 9.53 Å². The molecule has 1 aromatic carbocycles. The molecule has 1 heterocycles. The van der Waals surface area contributed by atoms with Crippen molar-refractivity contribution in [3.05, 3.63) is 29.8 Å². The Morgan fingerprint density at radius 2 is 1.83 bits per heavy atom. The molecule has 0 spiro atoms. The van der Waals surface area contributed by atoms with Gasteiger partial charge in [-0.2, -0.15) is 0 Å². The highest BCUT2D eigenvalue weighted by Crippen LogP contribution is 2.25. The molecule has 1 saturated heterocycles. The van der Waals surface area contributed by atoms with Crippen molar-refractivity contribution >= 4 is 5.91 Å². The molecule has 1 amide bonds. The normalized spacial score (nSPS) is 16.8. The van der Waals surface area contributed by atoms with Crippen molar-refractivity contribution in [1.82, 2.24) is 15.5 Å². The minimum absolute atomic E-state index is 0.0529. The van der Waals surface area contributed by atoms with E-state index in [9.17, 15) is 4.79 Å². The third-order valence-corrected chi connectivity index (χ3v) is 4.40. The summed E-state index contributed by atoms with van der Waals surface area (Å²) in [7, 11) is 1.69. The summed E-state index contributed by atoms with van der Waals surface area (Å²) in [6, 6.07) is 8.76. The lowest BCUT2D eigenvalue weighted by atomic mass is 10.0. The maximum atomic E-state index is 11.8. The van der Waals surface area contributed by atoms with Crippen LogP contribution in [0.25, 0.3) is 0 Å². The molecule has 1 aliphatic heterocycles. The van der Waals surface area contributed by atoms with E-state index in [4.69, 9.17) is 4.74 Å². The number of ether oxygens (including phenoxy) is 1. The fourth-order valence-electron chi connectivity index (χ4n) is 3.21. The van der Waals surface area contributed by atoms with Gasteiger partial charge in [-0.05, 0) is 57.5 Å². The zero-order chi connectivity index (χ0) is 17.4. The van der Waals surface area contributed by atoms with Crippen LogP contribution in [-0.4, -0.2) is 50.1 Å². The highest BCUT2D eigenvalue weighted by Gasteiger charge is 2.22. The molecule has 2 rings (SSSR count). The van der Waals surface area contributed by atoms with Crippen LogP contribution in [-0.2, 0) is 4.79 Å². The average Bonchev–Trinajstić information content (AvgIpc) is 2.59. The van der Waals surface area contributed by atoms with Gasteiger partial charge in [0.25, 0.3) is 0 Å². The van der Waals surface area contributed by atoms with Crippen molar-refractivity contribution in [2.45, 2.75) is 45.2 Å². The Labute approximate surface area is 145 Å². The van der Waals surface area contributed by atoms with Crippen molar-refractivity contribution in [3.63, 3.8) is 0 Å². The molecular formula is C19H31N3O2. The van der Waals surface area contributed by atoms with Crippen LogP contribution in [0.4, 0.5) is 0 Å². The van der Waals surface area contributed by atoms with Gasteiger partial charge in [-0.3, -0.25) is 9.69 Å². The molecule has 0 radical (unpaired) electrons. The maximum absolute atomic E-state index is 11.8. The lowest BCUT2D eigenvalue weighted by Crippen LogP contribution is -2.43. The number of nitrogens with one attached hydrogen (secondary N) is 2. The van der Waals surface area contributed by atoms with Gasteiger partial charge < -0.3 is 15.4 Å². The number of nitrogens with zero attached hydrogens (tertiary/aromatic N) is 1. The highest BCUT2D eigenvalue weighted by molar-refractivity contribution is 5.78. The monoisotopic (exact) mass is 333 g/mol. The van der Waals surface area contributed by atoms with Crippen LogP contribution in [0.15, 0.2) is 24.3 Å². The molecule has 24 heavy (non-hydrogen) atoms. The zero-order valence-electron chi connectivity index (χ0n) is 15.2. The van der Waals surface area contributed by atoms with Gasteiger partial charge in [0.2, 0.25) is 5.91 Å². The Hall–Kier alpha value is -1.59. The number of rotatable bonds is 8. The number of methoxy groups -OCH3 is 1. The Kier molecular flexibility index (Phi) is 7.53. The van der Waals surface area contributed by atoms with E-state index >= 15 is 0 Å². The van der Waals surface area contributed by atoms with E-state index in [1.54, 1.807) is 7.11 Å². The lowest BCUT2D eigenvalue weighted by Gasteiger charge is -2.35. The molecule has 1 aromatic rings. The SMILES string of the molecule is COc1ccc([C@@H](CNCC(=O)NC(C)C)N2CCCCC2)cc1. The summed E-state index contributed by atoms with van der Waals surface area (Å²) >= 11 is 0. The predicted octanol–water partition coefficient (Wildman–Crippen LogP) is 2.34. The zero-order valence-corrected chi connectivity index (χ0v) is 15.2. The summed E-state index contributed by atoms with van der Waals surface area (Å²) in [5.74, 6) is 0.928. The lowest BCUT2D eigenvalue weighted by molar-refractivity contribution is -0.120. The minimum atomic E-state index is 0.0529. The fraction of sp³-hybridized carbons (Fsp3) is 0.632. The van der Waals surface area contributed by atoms with E-state index < -0.39 is 0 Å². The molecule has 0 bridgehead atoms. The van der Waals surface area contributed by atoms with E-state index in [0.717, 1.165) is 25.4 Å². The van der Waals surface area contributed by atoms with E-state index in [1.165, 1.54) is 24.8 Å². The highest BCUT2D eigenvalue weighted by atomic mass is 16.5. The first-order valence-corrected chi connectivity index (χ1v) is 8.98. The topological polar surface area (TPSA) is 53.6 Å². The Morgan fingerprint density at radius 1 is 1.17 bits per heavy atom. The molecule has 0 unspecified atom stereocenters. The number of hydrogen-bond acceptors (Lipinski definition) is 4. The van der Waals surface area contributed by atoms with Crippen LogP contribution in [0.1, 0.15) is 44.7 Å². The molecule has 134 valence electrons. The van der Waals surface area contributed by atoms with Crippen LogP contribution < -0.4 is 15.4 Å². The van der Waals surface area contributed by atoms with Crippen LogP contribution >= 0.6 is 0 Å². The van der Waals surface area contributed by atoms with Crippen LogP contribution in [0.3, 0.4) is 0 Å². The summed E-state index contributed by atoms with van der Waals surface area (Å²) in [5, 5.41) is 6.25. The number of carbonyl (C=O) groups excluding carboxylic acids is 1. The predicted molar refractivity (Wildman–Crippen MR) is 97.3 cm³/mol. The quantitative estimate of drug-likeness (QED) is 0.767. The smallest absolute Gasteiger partial charge is 0.234 e. The first-order valence-electron chi connectivity index (χ1n) is 8.98. The first-order chi connectivity index (χ1) is 11.6. The van der Waals surface area contributed by atoms with E-state index in [-0.39, 0.29) is 11.9 Å². The summed E-state index contributed by atoms with van der Waals surface area (Å²) in [5.41, 5.74) is 1.27. The number of piperidine rings is 1. The van der Waals surface area contributed by atoms with Crippen LogP contribution in [0.5, 0.6) is 5.75 Å². The third-order valence-electron chi connectivity index (χ3n) is 4.40. The molecule has 2 N–H and O–H groups in total. The Balaban J connectivity index is 1.98.